The van der Waals surface area contributed by atoms with Gasteiger partial charge in [0.1, 0.15) is 0 Å². The summed E-state index contributed by atoms with van der Waals surface area (Å²) in [6.07, 6.45) is 6.53. The lowest BCUT2D eigenvalue weighted by Crippen LogP contribution is -2.07. The maximum absolute atomic E-state index is 11.9. The average Bonchev–Trinajstić information content (AvgIpc) is 2.63. The monoisotopic (exact) mass is 379 g/mol. The Bertz CT molecular complexity index is 844. The molecule has 24 heavy (non-hydrogen) atoms. The van der Waals surface area contributed by atoms with Gasteiger partial charge in [0.15, 0.2) is 5.82 Å². The third-order valence-corrected chi connectivity index (χ3v) is 3.77. The predicted octanol–water partition coefficient (Wildman–Crippen LogP) is 4.56. The zero-order valence-corrected chi connectivity index (χ0v) is 14.3. The zero-order valence-electron chi connectivity index (χ0n) is 12.7. The number of nitrogens with one attached hydrogen (secondary N) is 1. The Morgan fingerprint density at radius 1 is 0.958 bits per heavy atom. The quantitative estimate of drug-likeness (QED) is 0.676. The van der Waals surface area contributed by atoms with Crippen molar-refractivity contribution in [2.75, 3.05) is 5.32 Å². The second kappa shape index (κ2) is 7.66. The van der Waals surface area contributed by atoms with Crippen molar-refractivity contribution in [3.8, 4) is 11.4 Å². The highest BCUT2D eigenvalue weighted by Crippen LogP contribution is 2.15. The van der Waals surface area contributed by atoms with Crippen LogP contribution in [0, 0.1) is 0 Å². The van der Waals surface area contributed by atoms with E-state index in [2.05, 4.69) is 31.2 Å². The van der Waals surface area contributed by atoms with E-state index in [0.29, 0.717) is 5.82 Å². The van der Waals surface area contributed by atoms with Crippen LogP contribution < -0.4 is 5.32 Å². The third kappa shape index (κ3) is 4.36. The molecule has 0 atom stereocenters. The van der Waals surface area contributed by atoms with Gasteiger partial charge >= 0.3 is 0 Å². The number of nitrogens with zero attached hydrogens (tertiary/aromatic N) is 2. The summed E-state index contributed by atoms with van der Waals surface area (Å²) in [6.45, 7) is 0. The molecule has 2 aromatic carbocycles. The molecule has 0 aliphatic carbocycles. The fourth-order valence-electron chi connectivity index (χ4n) is 2.05. The Hall–Kier alpha value is -2.79. The summed E-state index contributed by atoms with van der Waals surface area (Å²) in [7, 11) is 0. The molecule has 0 aliphatic rings. The zero-order chi connectivity index (χ0) is 16.8. The van der Waals surface area contributed by atoms with Crippen molar-refractivity contribution in [3.05, 3.63) is 83.1 Å². The Morgan fingerprint density at radius 2 is 1.62 bits per heavy atom. The van der Waals surface area contributed by atoms with Crippen LogP contribution in [0.15, 0.2) is 77.5 Å². The summed E-state index contributed by atoms with van der Waals surface area (Å²) in [5.41, 5.74) is 2.46. The number of anilines is 1. The minimum Gasteiger partial charge on any atom is -0.323 e. The van der Waals surface area contributed by atoms with Gasteiger partial charge in [0.25, 0.3) is 0 Å². The largest absolute Gasteiger partial charge is 0.323 e. The Balaban J connectivity index is 1.64. The van der Waals surface area contributed by atoms with Gasteiger partial charge in [-0.3, -0.25) is 4.79 Å². The second-order valence-electron chi connectivity index (χ2n) is 5.04. The highest BCUT2D eigenvalue weighted by Gasteiger charge is 2.00. The molecule has 118 valence electrons. The van der Waals surface area contributed by atoms with Crippen molar-refractivity contribution < 1.29 is 4.79 Å². The summed E-state index contributed by atoms with van der Waals surface area (Å²) in [5.74, 6) is 0.455. The number of hydrogen-bond acceptors (Lipinski definition) is 3. The number of hydrogen-bond donors (Lipinski definition) is 1. The average molecular weight is 380 g/mol. The lowest BCUT2D eigenvalue weighted by atomic mass is 10.2. The van der Waals surface area contributed by atoms with E-state index in [-0.39, 0.29) is 5.91 Å². The normalized spacial score (nSPS) is 10.7. The second-order valence-corrected chi connectivity index (χ2v) is 5.95. The van der Waals surface area contributed by atoms with Gasteiger partial charge in [-0.1, -0.05) is 46.3 Å². The molecule has 3 aromatic rings. The van der Waals surface area contributed by atoms with Gasteiger partial charge < -0.3 is 5.32 Å². The maximum atomic E-state index is 11.9. The van der Waals surface area contributed by atoms with Crippen molar-refractivity contribution in [2.24, 2.45) is 0 Å². The van der Waals surface area contributed by atoms with E-state index in [9.17, 15) is 4.79 Å². The first-order valence-electron chi connectivity index (χ1n) is 7.33. The molecule has 0 saturated carbocycles. The molecule has 3 rings (SSSR count). The minimum atomic E-state index is -0.204. The molecule has 1 N–H and O–H groups in total. The van der Waals surface area contributed by atoms with Gasteiger partial charge in [0.05, 0.1) is 0 Å². The van der Waals surface area contributed by atoms with Crippen LogP contribution >= 0.6 is 15.9 Å². The molecule has 1 heterocycles. The molecular weight excluding hydrogens is 366 g/mol. The van der Waals surface area contributed by atoms with Gasteiger partial charge in [-0.2, -0.15) is 0 Å². The van der Waals surface area contributed by atoms with E-state index in [1.165, 1.54) is 6.08 Å². The number of carbonyl (C=O) groups excluding carboxylic acids is 1. The first-order valence-corrected chi connectivity index (χ1v) is 8.12. The topological polar surface area (TPSA) is 54.9 Å². The van der Waals surface area contributed by atoms with Crippen LogP contribution in [-0.2, 0) is 4.79 Å². The molecule has 0 unspecified atom stereocenters. The number of amides is 1. The van der Waals surface area contributed by atoms with Crippen LogP contribution in [0.1, 0.15) is 5.56 Å². The Labute approximate surface area is 148 Å². The molecular formula is C19H14BrN3O. The Kier molecular flexibility index (Phi) is 5.13. The van der Waals surface area contributed by atoms with E-state index >= 15 is 0 Å². The molecule has 5 heteroatoms. The molecule has 4 nitrogen and oxygen atoms in total. The molecule has 1 aromatic heterocycles. The molecule has 0 radical (unpaired) electrons. The van der Waals surface area contributed by atoms with Crippen molar-refractivity contribution in [2.45, 2.75) is 0 Å². The van der Waals surface area contributed by atoms with Crippen molar-refractivity contribution in [1.82, 2.24) is 9.97 Å². The number of rotatable bonds is 4. The van der Waals surface area contributed by atoms with Gasteiger partial charge in [0.2, 0.25) is 5.91 Å². The predicted molar refractivity (Wildman–Crippen MR) is 99.3 cm³/mol. The summed E-state index contributed by atoms with van der Waals surface area (Å²) < 4.78 is 0.965. The standard InChI is InChI=1S/C19H14BrN3O/c20-16-7-9-17(10-8-16)23-18(24)11-6-14-12-21-19(22-13-14)15-4-2-1-3-5-15/h1-13H,(H,23,24)/b11-6+. The summed E-state index contributed by atoms with van der Waals surface area (Å²) in [5, 5.41) is 2.79. The van der Waals surface area contributed by atoms with E-state index in [1.54, 1.807) is 18.5 Å². The van der Waals surface area contributed by atoms with Crippen LogP contribution in [-0.4, -0.2) is 15.9 Å². The van der Waals surface area contributed by atoms with E-state index in [0.717, 1.165) is 21.3 Å². The van der Waals surface area contributed by atoms with Crippen LogP contribution in [0.25, 0.3) is 17.5 Å². The first kappa shape index (κ1) is 16.1. The van der Waals surface area contributed by atoms with E-state index in [4.69, 9.17) is 0 Å². The SMILES string of the molecule is O=C(/C=C/c1cnc(-c2ccccc2)nc1)Nc1ccc(Br)cc1. The number of halogens is 1. The number of carbonyl (C=O) groups is 1. The fraction of sp³-hybridized carbons (Fsp3) is 0. The first-order chi connectivity index (χ1) is 11.7. The number of aromatic nitrogens is 2. The molecule has 1 amide bonds. The van der Waals surface area contributed by atoms with E-state index < -0.39 is 0 Å². The summed E-state index contributed by atoms with van der Waals surface area (Å²) in [6, 6.07) is 17.1. The van der Waals surface area contributed by atoms with Crippen LogP contribution in [0.5, 0.6) is 0 Å². The van der Waals surface area contributed by atoms with Crippen molar-refractivity contribution >= 4 is 33.6 Å². The van der Waals surface area contributed by atoms with Crippen molar-refractivity contribution in [3.63, 3.8) is 0 Å². The summed E-state index contributed by atoms with van der Waals surface area (Å²) in [4.78, 5) is 20.6. The number of benzene rings is 2. The van der Waals surface area contributed by atoms with Gasteiger partial charge in [-0.15, -0.1) is 0 Å². The van der Waals surface area contributed by atoms with Gasteiger partial charge in [-0.05, 0) is 30.3 Å². The lowest BCUT2D eigenvalue weighted by Gasteiger charge is -2.02. The third-order valence-electron chi connectivity index (χ3n) is 3.24. The summed E-state index contributed by atoms with van der Waals surface area (Å²) >= 11 is 3.36. The maximum Gasteiger partial charge on any atom is 0.248 e. The molecule has 0 saturated heterocycles. The van der Waals surface area contributed by atoms with Crippen LogP contribution in [0.2, 0.25) is 0 Å². The molecule has 0 spiro atoms. The van der Waals surface area contributed by atoms with Gasteiger partial charge in [-0.25, -0.2) is 9.97 Å². The van der Waals surface area contributed by atoms with Crippen molar-refractivity contribution in [1.29, 1.82) is 0 Å². The Morgan fingerprint density at radius 3 is 2.29 bits per heavy atom. The molecule has 0 aliphatic heterocycles. The minimum absolute atomic E-state index is 0.204. The molecule has 0 bridgehead atoms. The van der Waals surface area contributed by atoms with Gasteiger partial charge in [0, 0.05) is 39.8 Å². The lowest BCUT2D eigenvalue weighted by molar-refractivity contribution is -0.111. The van der Waals surface area contributed by atoms with Crippen LogP contribution in [0.3, 0.4) is 0 Å². The molecule has 0 fully saturated rings. The smallest absolute Gasteiger partial charge is 0.248 e. The highest BCUT2D eigenvalue weighted by atomic mass is 79.9. The fourth-order valence-corrected chi connectivity index (χ4v) is 2.31. The highest BCUT2D eigenvalue weighted by molar-refractivity contribution is 9.10. The van der Waals surface area contributed by atoms with Crippen LogP contribution in [0.4, 0.5) is 5.69 Å². The van der Waals surface area contributed by atoms with E-state index in [1.807, 2.05) is 54.6 Å².